The maximum Gasteiger partial charge on any atom is 0.337 e. The van der Waals surface area contributed by atoms with Gasteiger partial charge in [-0.05, 0) is 146 Å². The van der Waals surface area contributed by atoms with E-state index in [4.69, 9.17) is 29.2 Å². The molecule has 288 valence electrons. The van der Waals surface area contributed by atoms with E-state index < -0.39 is 11.9 Å². The Balaban J connectivity index is 1.16. The standard InChI is InChI=1S/C51H33N3O6/c1-34(55)60-46-32-20-40(21-33-46)9-8-37-14-26-43(27-15-37)49-53-47(41-22-10-35(11-23-41)4-6-38-16-28-44(29-17-38)50(56)58-2)52-48(54-49)42-24-12-36(13-25-42)5-7-39-18-30-45(31-19-39)51(57)59-3/h10-33H,1-3H3. The van der Waals surface area contributed by atoms with Crippen molar-refractivity contribution in [2.24, 2.45) is 0 Å². The van der Waals surface area contributed by atoms with E-state index in [1.54, 1.807) is 72.8 Å². The Morgan fingerprint density at radius 1 is 0.383 bits per heavy atom. The van der Waals surface area contributed by atoms with Crippen molar-refractivity contribution in [1.29, 1.82) is 0 Å². The first-order valence-electron chi connectivity index (χ1n) is 18.5. The van der Waals surface area contributed by atoms with Gasteiger partial charge in [-0.1, -0.05) is 35.5 Å². The normalized spacial score (nSPS) is 10.1. The SMILES string of the molecule is COC(=O)c1ccc(C#Cc2ccc(-c3nc(-c4ccc(C#Cc5ccc(OC(C)=O)cc5)cc4)nc(-c4ccc(C#Cc5ccc(C(=O)OC)cc5)cc4)n3)cc2)cc1. The van der Waals surface area contributed by atoms with Crippen LogP contribution in [0.25, 0.3) is 34.2 Å². The predicted molar refractivity (Wildman–Crippen MR) is 227 cm³/mol. The summed E-state index contributed by atoms with van der Waals surface area (Å²) in [5.41, 5.74) is 7.91. The third-order valence-electron chi connectivity index (χ3n) is 8.85. The van der Waals surface area contributed by atoms with Crippen molar-refractivity contribution < 1.29 is 28.6 Å². The molecule has 9 nitrogen and oxygen atoms in total. The van der Waals surface area contributed by atoms with Gasteiger partial charge >= 0.3 is 17.9 Å². The Morgan fingerprint density at radius 2 is 0.633 bits per heavy atom. The van der Waals surface area contributed by atoms with Gasteiger partial charge in [-0.15, -0.1) is 0 Å². The molecule has 0 saturated carbocycles. The van der Waals surface area contributed by atoms with Crippen LogP contribution in [-0.4, -0.2) is 47.1 Å². The Labute approximate surface area is 347 Å². The van der Waals surface area contributed by atoms with Gasteiger partial charge in [-0.25, -0.2) is 24.5 Å². The summed E-state index contributed by atoms with van der Waals surface area (Å²) in [4.78, 5) is 49.5. The van der Waals surface area contributed by atoms with Crippen molar-refractivity contribution in [3.63, 3.8) is 0 Å². The molecule has 0 aliphatic carbocycles. The summed E-state index contributed by atoms with van der Waals surface area (Å²) in [6.07, 6.45) is 0. The second kappa shape index (κ2) is 18.6. The lowest BCUT2D eigenvalue weighted by molar-refractivity contribution is -0.131. The molecule has 0 spiro atoms. The maximum absolute atomic E-state index is 11.8. The van der Waals surface area contributed by atoms with E-state index in [0.29, 0.717) is 34.3 Å². The number of carbonyl (C=O) groups is 3. The summed E-state index contributed by atoms with van der Waals surface area (Å²) in [7, 11) is 2.69. The van der Waals surface area contributed by atoms with Gasteiger partial charge in [0.25, 0.3) is 0 Å². The maximum atomic E-state index is 11.8. The lowest BCUT2D eigenvalue weighted by atomic mass is 10.1. The lowest BCUT2D eigenvalue weighted by Crippen LogP contribution is -2.00. The van der Waals surface area contributed by atoms with E-state index in [1.807, 2.05) is 72.8 Å². The number of carbonyl (C=O) groups excluding carboxylic acids is 3. The molecule has 6 aromatic carbocycles. The van der Waals surface area contributed by atoms with Gasteiger partial charge in [-0.3, -0.25) is 4.79 Å². The first-order valence-corrected chi connectivity index (χ1v) is 18.5. The molecule has 0 saturated heterocycles. The molecule has 1 aromatic heterocycles. The van der Waals surface area contributed by atoms with Gasteiger partial charge in [0.15, 0.2) is 17.5 Å². The van der Waals surface area contributed by atoms with Crippen molar-refractivity contribution in [3.8, 4) is 75.4 Å². The number of hydrogen-bond donors (Lipinski definition) is 0. The van der Waals surface area contributed by atoms with Crippen LogP contribution in [0.4, 0.5) is 0 Å². The Kier molecular flexibility index (Phi) is 12.3. The van der Waals surface area contributed by atoms with E-state index >= 15 is 0 Å². The second-order valence-corrected chi connectivity index (χ2v) is 13.0. The summed E-state index contributed by atoms with van der Waals surface area (Å²) >= 11 is 0. The molecule has 0 unspecified atom stereocenters. The van der Waals surface area contributed by atoms with E-state index in [1.165, 1.54) is 21.1 Å². The highest BCUT2D eigenvalue weighted by molar-refractivity contribution is 5.90. The van der Waals surface area contributed by atoms with E-state index in [2.05, 4.69) is 35.5 Å². The van der Waals surface area contributed by atoms with Crippen molar-refractivity contribution in [1.82, 2.24) is 15.0 Å². The van der Waals surface area contributed by atoms with Crippen LogP contribution in [0, 0.1) is 35.5 Å². The molecule has 0 aliphatic rings. The molecule has 60 heavy (non-hydrogen) atoms. The van der Waals surface area contributed by atoms with Gasteiger partial charge in [0.2, 0.25) is 0 Å². The van der Waals surface area contributed by atoms with Crippen LogP contribution in [0.3, 0.4) is 0 Å². The Morgan fingerprint density at radius 3 is 0.883 bits per heavy atom. The molecule has 0 atom stereocenters. The molecule has 0 fully saturated rings. The summed E-state index contributed by atoms with van der Waals surface area (Å²) in [6, 6.07) is 43.8. The predicted octanol–water partition coefficient (Wildman–Crippen LogP) is 8.57. The van der Waals surface area contributed by atoms with Gasteiger partial charge in [0.05, 0.1) is 25.3 Å². The second-order valence-electron chi connectivity index (χ2n) is 13.0. The number of aromatic nitrogens is 3. The van der Waals surface area contributed by atoms with Crippen molar-refractivity contribution in [3.05, 3.63) is 190 Å². The first kappa shape index (κ1) is 39.6. The van der Waals surface area contributed by atoms with Crippen LogP contribution in [0.5, 0.6) is 5.75 Å². The smallest absolute Gasteiger partial charge is 0.337 e. The third kappa shape index (κ3) is 10.2. The number of methoxy groups -OCH3 is 2. The van der Waals surface area contributed by atoms with Crippen LogP contribution >= 0.6 is 0 Å². The molecule has 1 heterocycles. The molecule has 0 aliphatic heterocycles. The number of esters is 3. The molecule has 9 heteroatoms. The zero-order valence-corrected chi connectivity index (χ0v) is 32.6. The highest BCUT2D eigenvalue weighted by Gasteiger charge is 2.13. The van der Waals surface area contributed by atoms with E-state index in [0.717, 1.165) is 50.1 Å². The van der Waals surface area contributed by atoms with Crippen LogP contribution in [0.15, 0.2) is 146 Å². The third-order valence-corrected chi connectivity index (χ3v) is 8.85. The molecular weight excluding hydrogens is 751 g/mol. The summed E-state index contributed by atoms with van der Waals surface area (Å²) in [5.74, 6) is 19.6. The Bertz CT molecular complexity index is 2750. The average molecular weight is 784 g/mol. The topological polar surface area (TPSA) is 118 Å². The van der Waals surface area contributed by atoms with Crippen molar-refractivity contribution in [2.75, 3.05) is 14.2 Å². The van der Waals surface area contributed by atoms with Gasteiger partial charge < -0.3 is 14.2 Å². The van der Waals surface area contributed by atoms with Gasteiger partial charge in [0, 0.05) is 57.0 Å². The van der Waals surface area contributed by atoms with Gasteiger partial charge in [0.1, 0.15) is 5.75 Å². The minimum Gasteiger partial charge on any atom is -0.465 e. The van der Waals surface area contributed by atoms with E-state index in [-0.39, 0.29) is 5.97 Å². The van der Waals surface area contributed by atoms with E-state index in [9.17, 15) is 14.4 Å². The molecule has 7 aromatic rings. The highest BCUT2D eigenvalue weighted by Crippen LogP contribution is 2.26. The summed E-state index contributed by atoms with van der Waals surface area (Å²) in [6.45, 7) is 1.36. The number of ether oxygens (including phenoxy) is 3. The quantitative estimate of drug-likeness (QED) is 0.0929. The number of benzene rings is 6. The fourth-order valence-corrected chi connectivity index (χ4v) is 5.69. The molecule has 0 amide bonds. The largest absolute Gasteiger partial charge is 0.465 e. The summed E-state index contributed by atoms with van der Waals surface area (Å²) in [5, 5.41) is 0. The minimum atomic E-state index is -0.400. The van der Waals surface area contributed by atoms with Crippen molar-refractivity contribution >= 4 is 17.9 Å². The molecule has 0 N–H and O–H groups in total. The zero-order valence-electron chi connectivity index (χ0n) is 32.6. The lowest BCUT2D eigenvalue weighted by Gasteiger charge is -2.09. The molecule has 0 radical (unpaired) electrons. The summed E-state index contributed by atoms with van der Waals surface area (Å²) < 4.78 is 14.7. The zero-order chi connectivity index (χ0) is 41.8. The van der Waals surface area contributed by atoms with Crippen LogP contribution < -0.4 is 4.74 Å². The fraction of sp³-hybridized carbons (Fsp3) is 0.0588. The van der Waals surface area contributed by atoms with Crippen molar-refractivity contribution in [2.45, 2.75) is 6.92 Å². The van der Waals surface area contributed by atoms with Crippen LogP contribution in [-0.2, 0) is 14.3 Å². The Hall–Kier alpha value is -8.58. The van der Waals surface area contributed by atoms with Crippen LogP contribution in [0.2, 0.25) is 0 Å². The number of nitrogens with zero attached hydrogens (tertiary/aromatic N) is 3. The number of rotatable bonds is 6. The highest BCUT2D eigenvalue weighted by atomic mass is 16.5. The fourth-order valence-electron chi connectivity index (χ4n) is 5.69. The van der Waals surface area contributed by atoms with Gasteiger partial charge in [-0.2, -0.15) is 0 Å². The minimum absolute atomic E-state index is 0.380. The number of hydrogen-bond acceptors (Lipinski definition) is 9. The molecule has 7 rings (SSSR count). The molecule has 0 bridgehead atoms. The monoisotopic (exact) mass is 783 g/mol. The average Bonchev–Trinajstić information content (AvgIpc) is 3.30. The van der Waals surface area contributed by atoms with Crippen LogP contribution in [0.1, 0.15) is 61.0 Å². The molecular formula is C51H33N3O6. The first-order chi connectivity index (χ1) is 29.2.